The van der Waals surface area contributed by atoms with E-state index in [1.807, 2.05) is 67.9 Å². The summed E-state index contributed by atoms with van der Waals surface area (Å²) in [6.07, 6.45) is 1.40. The number of hydrogen-bond donors (Lipinski definition) is 2. The Morgan fingerprint density at radius 3 is 2.56 bits per heavy atom. The maximum atomic E-state index is 13.4. The van der Waals surface area contributed by atoms with Gasteiger partial charge in [0.05, 0.1) is 27.2 Å². The molecule has 1 saturated heterocycles. The highest BCUT2D eigenvalue weighted by atomic mass is 32.1. The van der Waals surface area contributed by atoms with E-state index in [0.717, 1.165) is 27.3 Å². The van der Waals surface area contributed by atoms with Crippen LogP contribution in [0, 0.1) is 6.92 Å². The molecule has 3 amide bonds. The van der Waals surface area contributed by atoms with Crippen molar-refractivity contribution in [2.24, 2.45) is 7.05 Å². The third kappa shape index (κ3) is 4.38. The van der Waals surface area contributed by atoms with Gasteiger partial charge in [0.2, 0.25) is 0 Å². The Kier molecular flexibility index (Phi) is 6.02. The number of piperidine rings is 1. The molecule has 2 N–H and O–H groups in total. The molecular formula is C25H26N6O2S. The molecule has 0 saturated carbocycles. The molecule has 34 heavy (non-hydrogen) atoms. The maximum absolute atomic E-state index is 13.4. The second kappa shape index (κ2) is 9.26. The van der Waals surface area contributed by atoms with E-state index in [4.69, 9.17) is 4.98 Å². The summed E-state index contributed by atoms with van der Waals surface area (Å²) in [6.45, 7) is 3.07. The van der Waals surface area contributed by atoms with E-state index in [1.165, 1.54) is 0 Å². The second-order valence-corrected chi connectivity index (χ2v) is 9.42. The number of benzene rings is 1. The van der Waals surface area contributed by atoms with Gasteiger partial charge in [-0.05, 0) is 49.4 Å². The molecule has 0 atom stereocenters. The molecule has 1 aliphatic rings. The molecule has 4 aromatic rings. The zero-order chi connectivity index (χ0) is 23.7. The monoisotopic (exact) mass is 474 g/mol. The standard InChI is InChI=1S/C25H26N6O2S/c1-16-22-19(15-20(21-9-6-14-34-21)28-23(22)30(2)29-16)24(32)26-18-10-12-31(13-11-18)25(33)27-17-7-4-3-5-8-17/h3-9,14-15,18H,10-13H2,1-2H3,(H,26,32)(H,27,33). The predicted molar refractivity (Wildman–Crippen MR) is 134 cm³/mol. The van der Waals surface area contributed by atoms with Crippen molar-refractivity contribution in [3.63, 3.8) is 0 Å². The van der Waals surface area contributed by atoms with Crippen molar-refractivity contribution in [1.82, 2.24) is 25.0 Å². The minimum atomic E-state index is -0.131. The fraction of sp³-hybridized carbons (Fsp3) is 0.280. The van der Waals surface area contributed by atoms with Crippen LogP contribution in [0.4, 0.5) is 10.5 Å². The Morgan fingerprint density at radius 2 is 1.85 bits per heavy atom. The highest BCUT2D eigenvalue weighted by molar-refractivity contribution is 7.13. The zero-order valence-corrected chi connectivity index (χ0v) is 19.9. The maximum Gasteiger partial charge on any atom is 0.321 e. The van der Waals surface area contributed by atoms with E-state index in [1.54, 1.807) is 20.9 Å². The van der Waals surface area contributed by atoms with Gasteiger partial charge < -0.3 is 15.5 Å². The summed E-state index contributed by atoms with van der Waals surface area (Å²) in [6, 6.07) is 15.1. The van der Waals surface area contributed by atoms with Gasteiger partial charge >= 0.3 is 6.03 Å². The number of pyridine rings is 1. The number of urea groups is 1. The Morgan fingerprint density at radius 1 is 1.09 bits per heavy atom. The van der Waals surface area contributed by atoms with Crippen molar-refractivity contribution >= 4 is 40.0 Å². The third-order valence-electron chi connectivity index (χ3n) is 6.13. The van der Waals surface area contributed by atoms with Gasteiger partial charge in [0.25, 0.3) is 5.91 Å². The lowest BCUT2D eigenvalue weighted by atomic mass is 10.0. The number of anilines is 1. The summed E-state index contributed by atoms with van der Waals surface area (Å²) in [5.74, 6) is -0.131. The highest BCUT2D eigenvalue weighted by Crippen LogP contribution is 2.29. The van der Waals surface area contributed by atoms with Crippen LogP contribution in [0.5, 0.6) is 0 Å². The minimum absolute atomic E-state index is 0.00124. The average molecular weight is 475 g/mol. The van der Waals surface area contributed by atoms with Crippen LogP contribution < -0.4 is 10.6 Å². The summed E-state index contributed by atoms with van der Waals surface area (Å²) in [5, 5.41) is 13.4. The van der Waals surface area contributed by atoms with Gasteiger partial charge in [-0.2, -0.15) is 5.10 Å². The van der Waals surface area contributed by atoms with Crippen molar-refractivity contribution in [3.05, 3.63) is 65.2 Å². The number of thiophene rings is 1. The van der Waals surface area contributed by atoms with Gasteiger partial charge in [-0.25, -0.2) is 9.78 Å². The number of nitrogens with one attached hydrogen (secondary N) is 2. The second-order valence-electron chi connectivity index (χ2n) is 8.47. The molecule has 0 spiro atoms. The number of fused-ring (bicyclic) bond motifs is 1. The van der Waals surface area contributed by atoms with Crippen LogP contribution in [0.3, 0.4) is 0 Å². The Bertz CT molecular complexity index is 1320. The van der Waals surface area contributed by atoms with Gasteiger partial charge in [-0.15, -0.1) is 11.3 Å². The summed E-state index contributed by atoms with van der Waals surface area (Å²) in [5.41, 5.74) is 3.60. The number of amides is 3. The summed E-state index contributed by atoms with van der Waals surface area (Å²) in [7, 11) is 1.85. The SMILES string of the molecule is Cc1nn(C)c2nc(-c3cccs3)cc(C(=O)NC3CCN(C(=O)Nc4ccccc4)CC3)c12. The molecule has 4 heterocycles. The van der Waals surface area contributed by atoms with Crippen LogP contribution >= 0.6 is 11.3 Å². The molecule has 1 aliphatic heterocycles. The molecule has 174 valence electrons. The molecule has 5 rings (SSSR count). The van der Waals surface area contributed by atoms with Gasteiger partial charge in [-0.3, -0.25) is 9.48 Å². The molecule has 0 aliphatic carbocycles. The number of carbonyl (C=O) groups excluding carboxylic acids is 2. The van der Waals surface area contributed by atoms with Crippen LogP contribution in [-0.2, 0) is 7.05 Å². The van der Waals surface area contributed by atoms with Crippen molar-refractivity contribution in [2.45, 2.75) is 25.8 Å². The number of aryl methyl sites for hydroxylation is 2. The quantitative estimate of drug-likeness (QED) is 0.458. The van der Waals surface area contributed by atoms with Crippen LogP contribution in [-0.4, -0.2) is 50.7 Å². The number of nitrogens with zero attached hydrogens (tertiary/aromatic N) is 4. The first-order valence-electron chi connectivity index (χ1n) is 11.3. The molecule has 0 unspecified atom stereocenters. The topological polar surface area (TPSA) is 92.2 Å². The van der Waals surface area contributed by atoms with Crippen LogP contribution in [0.25, 0.3) is 21.6 Å². The third-order valence-corrected chi connectivity index (χ3v) is 7.02. The lowest BCUT2D eigenvalue weighted by Crippen LogP contribution is -2.47. The lowest BCUT2D eigenvalue weighted by Gasteiger charge is -2.32. The van der Waals surface area contributed by atoms with Crippen LogP contribution in [0.2, 0.25) is 0 Å². The minimum Gasteiger partial charge on any atom is -0.349 e. The van der Waals surface area contributed by atoms with Gasteiger partial charge in [0.1, 0.15) is 0 Å². The molecule has 9 heteroatoms. The smallest absolute Gasteiger partial charge is 0.321 e. The van der Waals surface area contributed by atoms with Crippen molar-refractivity contribution in [2.75, 3.05) is 18.4 Å². The molecule has 8 nitrogen and oxygen atoms in total. The van der Waals surface area contributed by atoms with Gasteiger partial charge in [-0.1, -0.05) is 24.3 Å². The van der Waals surface area contributed by atoms with Crippen LogP contribution in [0.15, 0.2) is 53.9 Å². The van der Waals surface area contributed by atoms with Crippen LogP contribution in [0.1, 0.15) is 28.9 Å². The van der Waals surface area contributed by atoms with E-state index in [9.17, 15) is 9.59 Å². The lowest BCUT2D eigenvalue weighted by molar-refractivity contribution is 0.0921. The van der Waals surface area contributed by atoms with E-state index in [-0.39, 0.29) is 18.0 Å². The number of para-hydroxylation sites is 1. The summed E-state index contributed by atoms with van der Waals surface area (Å²) >= 11 is 1.59. The number of likely N-dealkylation sites (tertiary alicyclic amines) is 1. The average Bonchev–Trinajstić information content (AvgIpc) is 3.48. The number of carbonyl (C=O) groups is 2. The first kappa shape index (κ1) is 22.1. The van der Waals surface area contributed by atoms with Crippen molar-refractivity contribution in [3.8, 4) is 10.6 Å². The van der Waals surface area contributed by atoms with E-state index >= 15 is 0 Å². The van der Waals surface area contributed by atoms with Crippen molar-refractivity contribution in [1.29, 1.82) is 0 Å². The Labute approximate surface area is 201 Å². The molecule has 1 aromatic carbocycles. The van der Waals surface area contributed by atoms with E-state index < -0.39 is 0 Å². The number of rotatable bonds is 4. The molecule has 0 bridgehead atoms. The normalized spacial score (nSPS) is 14.4. The fourth-order valence-corrected chi connectivity index (χ4v) is 5.07. The summed E-state index contributed by atoms with van der Waals surface area (Å²) in [4.78, 5) is 33.5. The van der Waals surface area contributed by atoms with Crippen molar-refractivity contribution < 1.29 is 9.59 Å². The molecule has 0 radical (unpaired) electrons. The molecular weight excluding hydrogens is 448 g/mol. The van der Waals surface area contributed by atoms with Gasteiger partial charge in [0.15, 0.2) is 5.65 Å². The summed E-state index contributed by atoms with van der Waals surface area (Å²) < 4.78 is 1.72. The first-order valence-corrected chi connectivity index (χ1v) is 12.2. The van der Waals surface area contributed by atoms with Gasteiger partial charge in [0, 0.05) is 31.9 Å². The predicted octanol–water partition coefficient (Wildman–Crippen LogP) is 4.43. The highest BCUT2D eigenvalue weighted by Gasteiger charge is 2.26. The van der Waals surface area contributed by atoms with E-state index in [2.05, 4.69) is 15.7 Å². The Hall–Kier alpha value is -3.72. The number of hydrogen-bond acceptors (Lipinski definition) is 5. The Balaban J connectivity index is 1.29. The van der Waals surface area contributed by atoms with E-state index in [0.29, 0.717) is 37.1 Å². The zero-order valence-electron chi connectivity index (χ0n) is 19.1. The first-order chi connectivity index (χ1) is 16.5. The molecule has 3 aromatic heterocycles. The fourth-order valence-electron chi connectivity index (χ4n) is 4.39. The number of aromatic nitrogens is 3. The molecule has 1 fully saturated rings. The largest absolute Gasteiger partial charge is 0.349 e.